The molecule has 1 amide bonds. The summed E-state index contributed by atoms with van der Waals surface area (Å²) in [5.74, 6) is 1.75. The second-order valence-electron chi connectivity index (χ2n) is 5.88. The van der Waals surface area contributed by atoms with Crippen molar-refractivity contribution in [3.05, 3.63) is 41.5 Å². The zero-order valence-corrected chi connectivity index (χ0v) is 15.4. The third-order valence-corrected chi connectivity index (χ3v) is 4.75. The molecule has 2 aromatic rings. The van der Waals surface area contributed by atoms with E-state index in [2.05, 4.69) is 29.3 Å². The fourth-order valence-electron chi connectivity index (χ4n) is 2.40. The number of thioether (sulfide) groups is 1. The minimum absolute atomic E-state index is 0.0219. The maximum Gasteiger partial charge on any atom is 0.252 e. The standard InChI is InChI=1S/C18H25N3O2S/c1-4-5-6-9-13(2)19-18(22)15-10-7-8-11-16(15)24-12-17-20-14(3)23-21-17/h7-8,10-11,13H,4-6,9,12H2,1-3H3,(H,19,22). The monoisotopic (exact) mass is 347 g/mol. The lowest BCUT2D eigenvalue weighted by atomic mass is 10.1. The van der Waals surface area contributed by atoms with Crippen LogP contribution in [0.25, 0.3) is 0 Å². The fourth-order valence-corrected chi connectivity index (χ4v) is 3.29. The van der Waals surface area contributed by atoms with E-state index in [1.54, 1.807) is 18.7 Å². The Morgan fingerprint density at radius 2 is 2.12 bits per heavy atom. The summed E-state index contributed by atoms with van der Waals surface area (Å²) < 4.78 is 4.98. The molecule has 2 rings (SSSR count). The molecule has 0 aliphatic rings. The summed E-state index contributed by atoms with van der Waals surface area (Å²) in [5.41, 5.74) is 0.699. The van der Waals surface area contributed by atoms with E-state index in [9.17, 15) is 4.79 Å². The smallest absolute Gasteiger partial charge is 0.252 e. The van der Waals surface area contributed by atoms with Gasteiger partial charge in [0, 0.05) is 17.9 Å². The molecule has 1 atom stereocenters. The third kappa shape index (κ3) is 5.67. The highest BCUT2D eigenvalue weighted by Gasteiger charge is 2.14. The van der Waals surface area contributed by atoms with Crippen LogP contribution in [0.3, 0.4) is 0 Å². The maximum absolute atomic E-state index is 12.5. The minimum Gasteiger partial charge on any atom is -0.350 e. The van der Waals surface area contributed by atoms with Crippen LogP contribution in [-0.4, -0.2) is 22.1 Å². The first-order valence-electron chi connectivity index (χ1n) is 8.42. The summed E-state index contributed by atoms with van der Waals surface area (Å²) in [6, 6.07) is 7.82. The Kier molecular flexibility index (Phi) is 7.31. The van der Waals surface area contributed by atoms with Gasteiger partial charge >= 0.3 is 0 Å². The molecule has 1 aromatic carbocycles. The zero-order chi connectivity index (χ0) is 17.4. The quantitative estimate of drug-likeness (QED) is 0.539. The molecule has 1 N–H and O–H groups in total. The number of nitrogens with one attached hydrogen (secondary N) is 1. The summed E-state index contributed by atoms with van der Waals surface area (Å²) in [4.78, 5) is 17.7. The van der Waals surface area contributed by atoms with Crippen molar-refractivity contribution in [2.45, 2.75) is 63.1 Å². The molecule has 1 unspecified atom stereocenters. The van der Waals surface area contributed by atoms with Crippen molar-refractivity contribution in [2.75, 3.05) is 0 Å². The van der Waals surface area contributed by atoms with Gasteiger partial charge in [-0.3, -0.25) is 4.79 Å². The minimum atomic E-state index is -0.0219. The lowest BCUT2D eigenvalue weighted by Crippen LogP contribution is -2.32. The molecule has 0 saturated carbocycles. The van der Waals surface area contributed by atoms with Crippen LogP contribution in [0.15, 0.2) is 33.7 Å². The largest absolute Gasteiger partial charge is 0.350 e. The summed E-state index contributed by atoms with van der Waals surface area (Å²) in [6.45, 7) is 6.01. The molecule has 5 nitrogen and oxygen atoms in total. The van der Waals surface area contributed by atoms with Crippen molar-refractivity contribution in [1.82, 2.24) is 15.5 Å². The zero-order valence-electron chi connectivity index (χ0n) is 14.5. The molecule has 24 heavy (non-hydrogen) atoms. The molecule has 0 radical (unpaired) electrons. The molecule has 1 heterocycles. The Morgan fingerprint density at radius 1 is 1.33 bits per heavy atom. The van der Waals surface area contributed by atoms with E-state index in [1.165, 1.54) is 12.8 Å². The predicted molar refractivity (Wildman–Crippen MR) is 96.1 cm³/mol. The Hall–Kier alpha value is -1.82. The number of carbonyl (C=O) groups excluding carboxylic acids is 1. The molecular formula is C18H25N3O2S. The fraction of sp³-hybridized carbons (Fsp3) is 0.500. The van der Waals surface area contributed by atoms with E-state index in [1.807, 2.05) is 24.3 Å². The van der Waals surface area contributed by atoms with Crippen LogP contribution in [0, 0.1) is 6.92 Å². The van der Waals surface area contributed by atoms with Crippen molar-refractivity contribution >= 4 is 17.7 Å². The lowest BCUT2D eigenvalue weighted by molar-refractivity contribution is 0.0935. The number of hydrogen-bond donors (Lipinski definition) is 1. The highest BCUT2D eigenvalue weighted by Crippen LogP contribution is 2.25. The Labute approximate surface area is 147 Å². The SMILES string of the molecule is CCCCCC(C)NC(=O)c1ccccc1SCc1noc(C)n1. The molecule has 0 fully saturated rings. The van der Waals surface area contributed by atoms with Crippen molar-refractivity contribution in [3.63, 3.8) is 0 Å². The van der Waals surface area contributed by atoms with Crippen molar-refractivity contribution < 1.29 is 9.32 Å². The average molecular weight is 347 g/mol. The maximum atomic E-state index is 12.5. The molecular weight excluding hydrogens is 322 g/mol. The summed E-state index contributed by atoms with van der Waals surface area (Å²) >= 11 is 1.54. The van der Waals surface area contributed by atoms with E-state index in [0.717, 1.165) is 17.7 Å². The van der Waals surface area contributed by atoms with Gasteiger partial charge in [-0.15, -0.1) is 11.8 Å². The molecule has 0 spiro atoms. The van der Waals surface area contributed by atoms with Gasteiger partial charge in [0.05, 0.1) is 11.3 Å². The lowest BCUT2D eigenvalue weighted by Gasteiger charge is -2.15. The normalized spacial score (nSPS) is 12.1. The summed E-state index contributed by atoms with van der Waals surface area (Å²) in [7, 11) is 0. The molecule has 0 saturated heterocycles. The second kappa shape index (κ2) is 9.47. The van der Waals surface area contributed by atoms with Gasteiger partial charge in [0.1, 0.15) is 0 Å². The van der Waals surface area contributed by atoms with Crippen LogP contribution in [0.1, 0.15) is 61.6 Å². The second-order valence-corrected chi connectivity index (χ2v) is 6.90. The van der Waals surface area contributed by atoms with Crippen LogP contribution in [0.5, 0.6) is 0 Å². The van der Waals surface area contributed by atoms with Gasteiger partial charge in [0.25, 0.3) is 5.91 Å². The highest BCUT2D eigenvalue weighted by atomic mass is 32.2. The molecule has 130 valence electrons. The van der Waals surface area contributed by atoms with Gasteiger partial charge in [-0.1, -0.05) is 43.5 Å². The van der Waals surface area contributed by atoms with E-state index < -0.39 is 0 Å². The molecule has 0 aliphatic heterocycles. The molecule has 0 aliphatic carbocycles. The van der Waals surface area contributed by atoms with Crippen molar-refractivity contribution in [2.24, 2.45) is 0 Å². The summed E-state index contributed by atoms with van der Waals surface area (Å²) in [5, 5.41) is 6.98. The number of rotatable bonds is 9. The third-order valence-electron chi connectivity index (χ3n) is 3.68. The van der Waals surface area contributed by atoms with Gasteiger partial charge in [-0.2, -0.15) is 4.98 Å². The van der Waals surface area contributed by atoms with Gasteiger partial charge in [0.15, 0.2) is 5.82 Å². The van der Waals surface area contributed by atoms with E-state index in [-0.39, 0.29) is 11.9 Å². The van der Waals surface area contributed by atoms with Gasteiger partial charge in [0.2, 0.25) is 5.89 Å². The number of carbonyl (C=O) groups is 1. The first kappa shape index (κ1) is 18.5. The average Bonchev–Trinajstić information content (AvgIpc) is 2.99. The highest BCUT2D eigenvalue weighted by molar-refractivity contribution is 7.98. The molecule has 1 aromatic heterocycles. The topological polar surface area (TPSA) is 68.0 Å². The van der Waals surface area contributed by atoms with E-state index in [0.29, 0.717) is 23.0 Å². The van der Waals surface area contributed by atoms with Gasteiger partial charge in [-0.25, -0.2) is 0 Å². The van der Waals surface area contributed by atoms with Gasteiger partial charge < -0.3 is 9.84 Å². The first-order valence-corrected chi connectivity index (χ1v) is 9.40. The number of aryl methyl sites for hydroxylation is 1. The number of hydrogen-bond acceptors (Lipinski definition) is 5. The van der Waals surface area contributed by atoms with E-state index >= 15 is 0 Å². The van der Waals surface area contributed by atoms with Crippen molar-refractivity contribution in [1.29, 1.82) is 0 Å². The Morgan fingerprint density at radius 3 is 2.83 bits per heavy atom. The number of amides is 1. The van der Waals surface area contributed by atoms with Gasteiger partial charge in [-0.05, 0) is 25.5 Å². The Bertz CT molecular complexity index is 657. The number of nitrogens with zero attached hydrogens (tertiary/aromatic N) is 2. The van der Waals surface area contributed by atoms with E-state index in [4.69, 9.17) is 4.52 Å². The van der Waals surface area contributed by atoms with Crippen molar-refractivity contribution in [3.8, 4) is 0 Å². The number of unbranched alkanes of at least 4 members (excludes halogenated alkanes) is 2. The van der Waals surface area contributed by atoms with Crippen LogP contribution >= 0.6 is 11.8 Å². The van der Waals surface area contributed by atoms with Crippen LogP contribution in [-0.2, 0) is 5.75 Å². The number of benzene rings is 1. The number of aromatic nitrogens is 2. The molecule has 0 bridgehead atoms. The van der Waals surface area contributed by atoms with Crippen LogP contribution < -0.4 is 5.32 Å². The predicted octanol–water partition coefficient (Wildman–Crippen LogP) is 4.37. The van der Waals surface area contributed by atoms with Crippen LogP contribution in [0.4, 0.5) is 0 Å². The first-order chi connectivity index (χ1) is 11.6. The van der Waals surface area contributed by atoms with Crippen LogP contribution in [0.2, 0.25) is 0 Å². The molecule has 6 heteroatoms. The Balaban J connectivity index is 1.95. The summed E-state index contributed by atoms with van der Waals surface area (Å²) in [6.07, 6.45) is 4.55.